The van der Waals surface area contributed by atoms with Crippen molar-refractivity contribution in [2.24, 2.45) is 35.0 Å². The van der Waals surface area contributed by atoms with E-state index in [-0.39, 0.29) is 12.5 Å². The van der Waals surface area contributed by atoms with Crippen molar-refractivity contribution >= 4 is 5.78 Å². The molecule has 0 aromatic carbocycles. The topological polar surface area (TPSA) is 118 Å². The van der Waals surface area contributed by atoms with E-state index >= 15 is 0 Å². The third-order valence-corrected chi connectivity index (χ3v) is 10.8. The Morgan fingerprint density at radius 3 is 2.54 bits per heavy atom. The zero-order valence-corrected chi connectivity index (χ0v) is 21.8. The quantitative estimate of drug-likeness (QED) is 0.507. The molecule has 0 bridgehead atoms. The minimum atomic E-state index is -2.02. The van der Waals surface area contributed by atoms with Crippen molar-refractivity contribution in [3.8, 4) is 0 Å². The van der Waals surface area contributed by atoms with Crippen LogP contribution in [0.25, 0.3) is 0 Å². The van der Waals surface area contributed by atoms with Gasteiger partial charge in [0.05, 0.1) is 31.0 Å². The summed E-state index contributed by atoms with van der Waals surface area (Å²) in [6, 6.07) is 0. The van der Waals surface area contributed by atoms with Crippen molar-refractivity contribution < 1.29 is 39.1 Å². The van der Waals surface area contributed by atoms with Gasteiger partial charge in [0.25, 0.3) is 0 Å². The molecule has 35 heavy (non-hydrogen) atoms. The highest BCUT2D eigenvalue weighted by Crippen LogP contribution is 2.79. The molecule has 6 aliphatic rings. The van der Waals surface area contributed by atoms with E-state index in [2.05, 4.69) is 27.7 Å². The number of aliphatic hydroxyl groups is 3. The normalized spacial score (nSPS) is 57.2. The highest BCUT2D eigenvalue weighted by atomic mass is 16.8. The number of rotatable bonds is 4. The molecule has 2 saturated heterocycles. The minimum Gasteiger partial charge on any atom is -0.390 e. The van der Waals surface area contributed by atoms with Gasteiger partial charge in [-0.05, 0) is 25.8 Å². The second-order valence-electron chi connectivity index (χ2n) is 13.2. The first-order valence-electron chi connectivity index (χ1n) is 13.1. The number of aliphatic hydroxyl groups excluding tert-OH is 1. The molecular formula is C27H40O8. The number of hydrogen-bond donors (Lipinski definition) is 3. The van der Waals surface area contributed by atoms with Crippen LogP contribution in [0, 0.1) is 35.0 Å². The standard InChI is InChI=1S/C27H40O8/c1-8-13(2)11-32-27-18(22(27,4)5)17-20-24(34-20)12-33-23(6,7)35-21(24)26(31)15(9-10-16(26)28)25(17,30)14(3)19(27)29/h9-10,13-15,17-21,29-31H,8,11-12H2,1-7H3/t13?,14-,15+,17-,18-,19-,20+,21?,24+,25+,26-,27-/m1/s1. The summed E-state index contributed by atoms with van der Waals surface area (Å²) >= 11 is 0. The van der Waals surface area contributed by atoms with Gasteiger partial charge in [0.2, 0.25) is 0 Å². The van der Waals surface area contributed by atoms with Gasteiger partial charge in [-0.2, -0.15) is 0 Å². The smallest absolute Gasteiger partial charge is 0.190 e. The van der Waals surface area contributed by atoms with E-state index in [0.29, 0.717) is 12.5 Å². The summed E-state index contributed by atoms with van der Waals surface area (Å²) in [6.45, 7) is 14.3. The number of hydrogen-bond acceptors (Lipinski definition) is 8. The second kappa shape index (κ2) is 6.76. The predicted molar refractivity (Wildman–Crippen MR) is 124 cm³/mol. The van der Waals surface area contributed by atoms with Gasteiger partial charge in [0, 0.05) is 29.1 Å². The van der Waals surface area contributed by atoms with Gasteiger partial charge >= 0.3 is 0 Å². The first-order chi connectivity index (χ1) is 16.2. The molecule has 5 fully saturated rings. The lowest BCUT2D eigenvalue weighted by molar-refractivity contribution is -0.329. The lowest BCUT2D eigenvalue weighted by Crippen LogP contribution is -2.70. The Bertz CT molecular complexity index is 992. The molecule has 2 aliphatic heterocycles. The lowest BCUT2D eigenvalue weighted by Gasteiger charge is -2.54. The number of ketones is 1. The largest absolute Gasteiger partial charge is 0.390 e. The fourth-order valence-electron chi connectivity index (χ4n) is 8.50. The van der Waals surface area contributed by atoms with E-state index < -0.39 is 75.5 Å². The molecule has 8 heteroatoms. The highest BCUT2D eigenvalue weighted by molar-refractivity contribution is 6.01. The molecular weight excluding hydrogens is 452 g/mol. The highest BCUT2D eigenvalue weighted by Gasteiger charge is 2.92. The fourth-order valence-corrected chi connectivity index (χ4v) is 8.50. The van der Waals surface area contributed by atoms with Crippen LogP contribution in [0.3, 0.4) is 0 Å². The maximum absolute atomic E-state index is 13.3. The molecule has 1 spiro atoms. The summed E-state index contributed by atoms with van der Waals surface area (Å²) in [5.41, 5.74) is -5.99. The van der Waals surface area contributed by atoms with Gasteiger partial charge in [0.1, 0.15) is 17.3 Å². The van der Waals surface area contributed by atoms with Crippen molar-refractivity contribution in [2.45, 2.75) is 101 Å². The molecule has 2 unspecified atom stereocenters. The Morgan fingerprint density at radius 1 is 1.20 bits per heavy atom. The van der Waals surface area contributed by atoms with Crippen LogP contribution in [0.2, 0.25) is 0 Å². The van der Waals surface area contributed by atoms with Crippen LogP contribution >= 0.6 is 0 Å². The van der Waals surface area contributed by atoms with Crippen LogP contribution in [0.1, 0.15) is 54.9 Å². The van der Waals surface area contributed by atoms with Crippen molar-refractivity contribution in [1.29, 1.82) is 0 Å². The van der Waals surface area contributed by atoms with Gasteiger partial charge in [-0.3, -0.25) is 4.79 Å². The van der Waals surface area contributed by atoms with E-state index in [9.17, 15) is 20.1 Å². The van der Waals surface area contributed by atoms with Gasteiger partial charge in [-0.1, -0.05) is 47.1 Å². The maximum Gasteiger partial charge on any atom is 0.190 e. The minimum absolute atomic E-state index is 0.148. The van der Waals surface area contributed by atoms with Gasteiger partial charge < -0.3 is 34.3 Å². The summed E-state index contributed by atoms with van der Waals surface area (Å²) in [7, 11) is 0. The Hall–Kier alpha value is -0.870. The first kappa shape index (κ1) is 24.5. The Balaban J connectivity index is 1.51. The van der Waals surface area contributed by atoms with Crippen LogP contribution < -0.4 is 0 Å². The van der Waals surface area contributed by atoms with Crippen LogP contribution in [-0.4, -0.2) is 80.8 Å². The van der Waals surface area contributed by atoms with E-state index in [1.807, 2.05) is 0 Å². The molecule has 8 nitrogen and oxygen atoms in total. The number of epoxide rings is 1. The lowest BCUT2D eigenvalue weighted by atomic mass is 9.58. The van der Waals surface area contributed by atoms with E-state index in [1.54, 1.807) is 26.8 Å². The number of fused-ring (bicyclic) bond motifs is 7. The maximum atomic E-state index is 13.3. The van der Waals surface area contributed by atoms with Crippen molar-refractivity contribution in [2.75, 3.05) is 13.2 Å². The van der Waals surface area contributed by atoms with E-state index in [0.717, 1.165) is 6.42 Å². The van der Waals surface area contributed by atoms with Crippen LogP contribution in [-0.2, 0) is 23.7 Å². The number of carbonyl (C=O) groups excluding carboxylic acids is 1. The van der Waals surface area contributed by atoms with Crippen molar-refractivity contribution in [3.63, 3.8) is 0 Å². The molecule has 0 aromatic heterocycles. The number of ether oxygens (including phenoxy) is 4. The molecule has 2 heterocycles. The summed E-state index contributed by atoms with van der Waals surface area (Å²) < 4.78 is 25.2. The Labute approximate surface area is 207 Å². The molecule has 6 rings (SSSR count). The zero-order chi connectivity index (χ0) is 25.6. The molecule has 3 saturated carbocycles. The van der Waals surface area contributed by atoms with E-state index in [4.69, 9.17) is 18.9 Å². The predicted octanol–water partition coefficient (Wildman–Crippen LogP) is 1.59. The van der Waals surface area contributed by atoms with Crippen molar-refractivity contribution in [3.05, 3.63) is 12.2 Å². The third kappa shape index (κ3) is 2.55. The Morgan fingerprint density at radius 2 is 1.89 bits per heavy atom. The van der Waals surface area contributed by atoms with Gasteiger partial charge in [0.15, 0.2) is 17.2 Å². The van der Waals surface area contributed by atoms with Crippen molar-refractivity contribution in [1.82, 2.24) is 0 Å². The molecule has 3 N–H and O–H groups in total. The first-order valence-corrected chi connectivity index (χ1v) is 13.1. The SMILES string of the molecule is CCC(C)CO[C@@]12[C@H](O)[C@@H](C)[C@@]3(O)[C@H]([C@@H]1C2(C)C)[C@@H]1O[C@@]12COC(C)(C)OC2[C@]1(O)C(=O)C=C[C@@H]31. The number of carbonyl (C=O) groups is 1. The molecule has 0 amide bonds. The fraction of sp³-hybridized carbons (Fsp3) is 0.889. The summed E-state index contributed by atoms with van der Waals surface area (Å²) in [6.07, 6.45) is 1.43. The Kier molecular flexibility index (Phi) is 4.73. The average Bonchev–Trinajstić information content (AvgIpc) is 3.58. The summed E-state index contributed by atoms with van der Waals surface area (Å²) in [4.78, 5) is 13.3. The molecule has 4 aliphatic carbocycles. The molecule has 0 radical (unpaired) electrons. The van der Waals surface area contributed by atoms with Gasteiger partial charge in [-0.25, -0.2) is 0 Å². The van der Waals surface area contributed by atoms with Crippen LogP contribution in [0.4, 0.5) is 0 Å². The molecule has 12 atom stereocenters. The molecule has 196 valence electrons. The van der Waals surface area contributed by atoms with Gasteiger partial charge in [-0.15, -0.1) is 0 Å². The zero-order valence-electron chi connectivity index (χ0n) is 21.8. The third-order valence-electron chi connectivity index (χ3n) is 10.8. The van der Waals surface area contributed by atoms with E-state index in [1.165, 1.54) is 6.08 Å². The average molecular weight is 493 g/mol. The second-order valence-corrected chi connectivity index (χ2v) is 13.2. The summed E-state index contributed by atoms with van der Waals surface area (Å²) in [5, 5.41) is 36.6. The molecule has 0 aromatic rings. The van der Waals surface area contributed by atoms with Crippen LogP contribution in [0.5, 0.6) is 0 Å². The van der Waals surface area contributed by atoms with Crippen LogP contribution in [0.15, 0.2) is 12.2 Å². The monoisotopic (exact) mass is 492 g/mol. The summed E-state index contributed by atoms with van der Waals surface area (Å²) in [5.74, 6) is -3.57.